The van der Waals surface area contributed by atoms with Crippen molar-refractivity contribution < 1.29 is 50.9 Å². The van der Waals surface area contributed by atoms with Crippen molar-refractivity contribution >= 4 is 17.8 Å². The summed E-state index contributed by atoms with van der Waals surface area (Å²) in [6, 6.07) is 10.7. The molecule has 2 aliphatic heterocycles. The van der Waals surface area contributed by atoms with E-state index in [0.29, 0.717) is 12.1 Å². The summed E-state index contributed by atoms with van der Waals surface area (Å²) in [6.07, 6.45) is -3.69. The zero-order valence-electron chi connectivity index (χ0n) is 19.7. The summed E-state index contributed by atoms with van der Waals surface area (Å²) in [4.78, 5) is 39.8. The highest BCUT2D eigenvalue weighted by Gasteiger charge is 2.46. The van der Waals surface area contributed by atoms with Gasteiger partial charge in [0.25, 0.3) is 5.91 Å². The van der Waals surface area contributed by atoms with Crippen molar-refractivity contribution in [3.8, 4) is 0 Å². The van der Waals surface area contributed by atoms with Crippen LogP contribution >= 0.6 is 0 Å². The molecule has 0 radical (unpaired) electrons. The van der Waals surface area contributed by atoms with Crippen molar-refractivity contribution in [1.82, 2.24) is 19.4 Å². The van der Waals surface area contributed by atoms with Gasteiger partial charge in [-0.2, -0.15) is 26.3 Å². The number of hydrogen-bond acceptors (Lipinski definition) is 5. The lowest BCUT2D eigenvalue weighted by Gasteiger charge is -2.38. The maximum absolute atomic E-state index is 12.9. The first-order valence-electron chi connectivity index (χ1n) is 11.4. The monoisotopic (exact) mass is 550 g/mol. The quantitative estimate of drug-likeness (QED) is 0.561. The second-order valence-corrected chi connectivity index (χ2v) is 8.96. The number of fused-ring (bicyclic) bond motifs is 3. The summed E-state index contributed by atoms with van der Waals surface area (Å²) in [5.74, 6) is -4.58. The zero-order valence-corrected chi connectivity index (χ0v) is 19.7. The fourth-order valence-corrected chi connectivity index (χ4v) is 4.24. The Bertz CT molecular complexity index is 1110. The SMILES string of the molecule is O=C(O)C(F)(F)F.O=C(O)C(F)(F)F.O=C1c2cccn2[C@H]2CN(Cc3ccccn3)C[C@H]2N1CC1CC1. The van der Waals surface area contributed by atoms with Gasteiger partial charge in [-0.1, -0.05) is 6.07 Å². The number of amides is 1. The van der Waals surface area contributed by atoms with Crippen LogP contribution in [0.4, 0.5) is 26.3 Å². The molecule has 1 amide bonds. The average Bonchev–Trinajstić information content (AvgIpc) is 3.33. The number of likely N-dealkylation sites (tertiary alicyclic amines) is 1. The van der Waals surface area contributed by atoms with E-state index in [1.165, 1.54) is 12.8 Å². The molecule has 0 bridgehead atoms. The van der Waals surface area contributed by atoms with Gasteiger partial charge in [-0.3, -0.25) is 14.7 Å². The predicted octanol–water partition coefficient (Wildman–Crippen LogP) is 3.44. The van der Waals surface area contributed by atoms with Gasteiger partial charge in [0, 0.05) is 38.6 Å². The molecule has 1 aliphatic carbocycles. The molecule has 208 valence electrons. The third-order valence-electron chi connectivity index (χ3n) is 6.10. The summed E-state index contributed by atoms with van der Waals surface area (Å²) in [7, 11) is 0. The van der Waals surface area contributed by atoms with Crippen molar-refractivity contribution in [3.63, 3.8) is 0 Å². The standard InChI is InChI=1S/C19H22N4O.2C2HF3O2/c24-19-16-5-3-9-22(16)17-12-21(11-15-4-1-2-8-20-15)13-18(17)23(19)10-14-6-7-14;2*3-2(4,5)1(6)7/h1-5,8-9,14,17-18H,6-7,10-13H2;2*(H,6,7)/t17-,18+;;/m0../s1. The highest BCUT2D eigenvalue weighted by molar-refractivity contribution is 5.94. The molecule has 0 unspecified atom stereocenters. The van der Waals surface area contributed by atoms with Crippen molar-refractivity contribution in [2.75, 3.05) is 19.6 Å². The number of pyridine rings is 1. The molecule has 5 rings (SSSR count). The maximum atomic E-state index is 12.9. The number of aliphatic carboxylic acids is 2. The third-order valence-corrected chi connectivity index (χ3v) is 6.10. The molecule has 2 aromatic rings. The summed E-state index contributed by atoms with van der Waals surface area (Å²) in [6.45, 7) is 3.72. The Labute approximate surface area is 212 Å². The van der Waals surface area contributed by atoms with Gasteiger partial charge >= 0.3 is 24.3 Å². The van der Waals surface area contributed by atoms with Crippen LogP contribution in [0.3, 0.4) is 0 Å². The smallest absolute Gasteiger partial charge is 0.475 e. The molecule has 2 atom stereocenters. The largest absolute Gasteiger partial charge is 0.490 e. The van der Waals surface area contributed by atoms with E-state index in [0.717, 1.165) is 43.5 Å². The zero-order chi connectivity index (χ0) is 28.3. The Morgan fingerprint density at radius 3 is 2.00 bits per heavy atom. The van der Waals surface area contributed by atoms with Gasteiger partial charge in [0.2, 0.25) is 0 Å². The number of aromatic nitrogens is 2. The number of carboxylic acid groups (broad SMARTS) is 2. The van der Waals surface area contributed by atoms with Crippen LogP contribution in [0.25, 0.3) is 0 Å². The topological polar surface area (TPSA) is 116 Å². The number of carboxylic acids is 2. The van der Waals surface area contributed by atoms with Gasteiger partial charge in [-0.15, -0.1) is 0 Å². The molecule has 2 fully saturated rings. The number of carbonyl (C=O) groups excluding carboxylic acids is 1. The summed E-state index contributed by atoms with van der Waals surface area (Å²) >= 11 is 0. The van der Waals surface area contributed by atoms with Gasteiger partial charge in [-0.25, -0.2) is 9.59 Å². The first kappa shape index (κ1) is 28.9. The van der Waals surface area contributed by atoms with Gasteiger partial charge in [0.1, 0.15) is 5.69 Å². The van der Waals surface area contributed by atoms with E-state index in [-0.39, 0.29) is 5.91 Å². The Balaban J connectivity index is 0.000000239. The predicted molar refractivity (Wildman–Crippen MR) is 118 cm³/mol. The summed E-state index contributed by atoms with van der Waals surface area (Å²) in [5, 5.41) is 14.2. The van der Waals surface area contributed by atoms with Crippen molar-refractivity contribution in [1.29, 1.82) is 0 Å². The molecular weight excluding hydrogens is 526 g/mol. The average molecular weight is 550 g/mol. The summed E-state index contributed by atoms with van der Waals surface area (Å²) < 4.78 is 65.7. The number of hydrogen-bond donors (Lipinski definition) is 2. The molecule has 1 saturated carbocycles. The van der Waals surface area contributed by atoms with E-state index in [9.17, 15) is 31.1 Å². The minimum Gasteiger partial charge on any atom is -0.475 e. The molecule has 38 heavy (non-hydrogen) atoms. The number of halogens is 6. The first-order chi connectivity index (χ1) is 17.7. The molecule has 0 aromatic carbocycles. The highest BCUT2D eigenvalue weighted by Crippen LogP contribution is 2.38. The molecule has 2 aromatic heterocycles. The second-order valence-electron chi connectivity index (χ2n) is 8.96. The van der Waals surface area contributed by atoms with Crippen LogP contribution in [0, 0.1) is 5.92 Å². The Kier molecular flexibility index (Phi) is 8.69. The normalized spacial score (nSPS) is 20.9. The molecule has 15 heteroatoms. The third kappa shape index (κ3) is 7.46. The minimum absolute atomic E-state index is 0.216. The number of alkyl halides is 6. The van der Waals surface area contributed by atoms with Gasteiger partial charge in [0.15, 0.2) is 0 Å². The lowest BCUT2D eigenvalue weighted by Crippen LogP contribution is -2.51. The van der Waals surface area contributed by atoms with E-state index in [1.807, 2.05) is 30.5 Å². The maximum Gasteiger partial charge on any atom is 0.490 e. The molecule has 3 aliphatic rings. The lowest BCUT2D eigenvalue weighted by atomic mass is 10.1. The Morgan fingerprint density at radius 2 is 1.50 bits per heavy atom. The van der Waals surface area contributed by atoms with Gasteiger partial charge < -0.3 is 19.7 Å². The van der Waals surface area contributed by atoms with Crippen LogP contribution < -0.4 is 0 Å². The van der Waals surface area contributed by atoms with Gasteiger partial charge in [0.05, 0.1) is 17.8 Å². The van der Waals surface area contributed by atoms with E-state index >= 15 is 0 Å². The highest BCUT2D eigenvalue weighted by atomic mass is 19.4. The molecule has 2 N–H and O–H groups in total. The molecular formula is C23H24F6N4O5. The molecule has 9 nitrogen and oxygen atoms in total. The Hall–Kier alpha value is -3.62. The van der Waals surface area contributed by atoms with Crippen LogP contribution in [0.2, 0.25) is 0 Å². The van der Waals surface area contributed by atoms with E-state index in [1.54, 1.807) is 0 Å². The van der Waals surface area contributed by atoms with E-state index in [4.69, 9.17) is 19.8 Å². The minimum atomic E-state index is -5.08. The van der Waals surface area contributed by atoms with Crippen LogP contribution in [0.15, 0.2) is 42.7 Å². The van der Waals surface area contributed by atoms with Crippen molar-refractivity contribution in [2.45, 2.75) is 43.8 Å². The lowest BCUT2D eigenvalue weighted by molar-refractivity contribution is -0.193. The van der Waals surface area contributed by atoms with E-state index < -0.39 is 24.3 Å². The van der Waals surface area contributed by atoms with Crippen LogP contribution in [-0.2, 0) is 16.1 Å². The van der Waals surface area contributed by atoms with Crippen LogP contribution in [0.1, 0.15) is 35.1 Å². The summed E-state index contributed by atoms with van der Waals surface area (Å²) in [5.41, 5.74) is 1.96. The molecule has 4 heterocycles. The second kappa shape index (κ2) is 11.4. The Morgan fingerprint density at radius 1 is 0.921 bits per heavy atom. The fraction of sp³-hybridized carbons (Fsp3) is 0.478. The molecule has 1 saturated heterocycles. The van der Waals surface area contributed by atoms with Crippen molar-refractivity contribution in [3.05, 3.63) is 54.1 Å². The molecule has 0 spiro atoms. The van der Waals surface area contributed by atoms with Crippen LogP contribution in [-0.4, -0.2) is 85.4 Å². The van der Waals surface area contributed by atoms with E-state index in [2.05, 4.69) is 31.6 Å². The number of nitrogens with zero attached hydrogens (tertiary/aromatic N) is 4. The van der Waals surface area contributed by atoms with Crippen LogP contribution in [0.5, 0.6) is 0 Å². The van der Waals surface area contributed by atoms with Gasteiger partial charge in [-0.05, 0) is 43.0 Å². The fourth-order valence-electron chi connectivity index (χ4n) is 4.24. The number of carbonyl (C=O) groups is 3. The van der Waals surface area contributed by atoms with Crippen molar-refractivity contribution in [2.24, 2.45) is 5.92 Å². The first-order valence-corrected chi connectivity index (χ1v) is 11.4. The number of rotatable bonds is 4.